The summed E-state index contributed by atoms with van der Waals surface area (Å²) in [5.74, 6) is 1.94. The molecule has 1 saturated heterocycles. The molecule has 142 valence electrons. The first-order valence-electron chi connectivity index (χ1n) is 9.91. The van der Waals surface area contributed by atoms with Crippen molar-refractivity contribution in [2.24, 2.45) is 0 Å². The number of aromatic nitrogens is 4. The van der Waals surface area contributed by atoms with Gasteiger partial charge < -0.3 is 15.0 Å². The number of H-pyrrole nitrogens is 1. The zero-order valence-corrected chi connectivity index (χ0v) is 15.9. The van der Waals surface area contributed by atoms with E-state index in [9.17, 15) is 0 Å². The maximum atomic E-state index is 5.89. The summed E-state index contributed by atoms with van der Waals surface area (Å²) in [6, 6.07) is 10.5. The van der Waals surface area contributed by atoms with Crippen LogP contribution in [0.2, 0.25) is 0 Å². The molecule has 28 heavy (non-hydrogen) atoms. The number of hydrogen-bond donors (Lipinski definition) is 2. The van der Waals surface area contributed by atoms with Gasteiger partial charge in [-0.1, -0.05) is 12.1 Å². The van der Waals surface area contributed by atoms with E-state index in [2.05, 4.69) is 33.5 Å². The standard InChI is InChI=1S/C22H23N5O/c1-2-28-22-20-19(26-21(27-22)15-7-11-24-12-8-15)17-4-3-16(13-18(17)25-20)14-5-9-23-10-6-14/h3-6,9-10,13,15,24-25H,2,7-8,11-12H2,1H3. The van der Waals surface area contributed by atoms with Gasteiger partial charge in [-0.05, 0) is 62.2 Å². The molecule has 0 saturated carbocycles. The maximum Gasteiger partial charge on any atom is 0.241 e. The van der Waals surface area contributed by atoms with Crippen molar-refractivity contribution in [3.63, 3.8) is 0 Å². The number of rotatable bonds is 4. The highest BCUT2D eigenvalue weighted by Gasteiger charge is 2.22. The minimum Gasteiger partial charge on any atom is -0.476 e. The largest absolute Gasteiger partial charge is 0.476 e. The first-order valence-corrected chi connectivity index (χ1v) is 9.91. The van der Waals surface area contributed by atoms with Crippen LogP contribution in [0.4, 0.5) is 0 Å². The van der Waals surface area contributed by atoms with Crippen molar-refractivity contribution in [1.29, 1.82) is 0 Å². The molecule has 1 aliphatic rings. The normalized spacial score (nSPS) is 15.3. The average Bonchev–Trinajstić information content (AvgIpc) is 3.13. The van der Waals surface area contributed by atoms with Crippen LogP contribution in [0.15, 0.2) is 42.7 Å². The van der Waals surface area contributed by atoms with E-state index in [0.29, 0.717) is 18.4 Å². The van der Waals surface area contributed by atoms with Crippen molar-refractivity contribution >= 4 is 21.9 Å². The van der Waals surface area contributed by atoms with Gasteiger partial charge in [-0.15, -0.1) is 0 Å². The topological polar surface area (TPSA) is 75.7 Å². The van der Waals surface area contributed by atoms with Crippen LogP contribution in [0.25, 0.3) is 33.1 Å². The molecule has 3 aromatic heterocycles. The molecule has 0 bridgehead atoms. The molecule has 5 rings (SSSR count). The van der Waals surface area contributed by atoms with Crippen LogP contribution in [0.3, 0.4) is 0 Å². The molecular formula is C22H23N5O. The monoisotopic (exact) mass is 373 g/mol. The molecule has 4 aromatic rings. The number of hydrogen-bond acceptors (Lipinski definition) is 5. The summed E-state index contributed by atoms with van der Waals surface area (Å²) in [7, 11) is 0. The highest BCUT2D eigenvalue weighted by molar-refractivity contribution is 6.07. The summed E-state index contributed by atoms with van der Waals surface area (Å²) in [6.45, 7) is 4.59. The van der Waals surface area contributed by atoms with Crippen molar-refractivity contribution in [1.82, 2.24) is 25.3 Å². The average molecular weight is 373 g/mol. The molecule has 6 nitrogen and oxygen atoms in total. The first-order chi connectivity index (χ1) is 13.8. The molecule has 4 heterocycles. The van der Waals surface area contributed by atoms with E-state index in [0.717, 1.165) is 64.8 Å². The summed E-state index contributed by atoms with van der Waals surface area (Å²) in [5, 5.41) is 4.51. The highest BCUT2D eigenvalue weighted by atomic mass is 16.5. The fourth-order valence-corrected chi connectivity index (χ4v) is 3.98. The summed E-state index contributed by atoms with van der Waals surface area (Å²) < 4.78 is 5.89. The number of nitrogens with one attached hydrogen (secondary N) is 2. The Hall–Kier alpha value is -2.99. The Morgan fingerprint density at radius 3 is 2.64 bits per heavy atom. The second kappa shape index (κ2) is 7.20. The van der Waals surface area contributed by atoms with Gasteiger partial charge in [0, 0.05) is 29.2 Å². The van der Waals surface area contributed by atoms with Crippen LogP contribution >= 0.6 is 0 Å². The third-order valence-electron chi connectivity index (χ3n) is 5.43. The van der Waals surface area contributed by atoms with E-state index in [4.69, 9.17) is 14.7 Å². The van der Waals surface area contributed by atoms with Gasteiger partial charge in [-0.25, -0.2) is 4.98 Å². The Kier molecular flexibility index (Phi) is 4.41. The van der Waals surface area contributed by atoms with E-state index >= 15 is 0 Å². The summed E-state index contributed by atoms with van der Waals surface area (Å²) in [6.07, 6.45) is 5.75. The SMILES string of the molecule is CCOc1nc(C2CCNCC2)nc2c1[nH]c1cc(-c3ccncc3)ccc12. The number of piperidine rings is 1. The Labute approximate surface area is 163 Å². The van der Waals surface area contributed by atoms with Crippen molar-refractivity contribution in [2.75, 3.05) is 19.7 Å². The highest BCUT2D eigenvalue weighted by Crippen LogP contribution is 2.34. The predicted molar refractivity (Wildman–Crippen MR) is 111 cm³/mol. The number of aromatic amines is 1. The Balaban J connectivity index is 1.67. The van der Waals surface area contributed by atoms with Crippen molar-refractivity contribution in [2.45, 2.75) is 25.7 Å². The number of nitrogens with zero attached hydrogens (tertiary/aromatic N) is 3. The molecule has 0 radical (unpaired) electrons. The van der Waals surface area contributed by atoms with Crippen LogP contribution in [-0.2, 0) is 0 Å². The molecule has 0 atom stereocenters. The zero-order chi connectivity index (χ0) is 18.9. The minimum atomic E-state index is 0.380. The van der Waals surface area contributed by atoms with Gasteiger partial charge in [0.05, 0.1) is 6.61 Å². The Morgan fingerprint density at radius 1 is 1.04 bits per heavy atom. The van der Waals surface area contributed by atoms with E-state index in [1.54, 1.807) is 0 Å². The van der Waals surface area contributed by atoms with Gasteiger partial charge in [0.1, 0.15) is 16.9 Å². The Morgan fingerprint density at radius 2 is 1.86 bits per heavy atom. The lowest BCUT2D eigenvalue weighted by atomic mass is 9.97. The molecule has 1 aliphatic heterocycles. The third-order valence-corrected chi connectivity index (χ3v) is 5.43. The smallest absolute Gasteiger partial charge is 0.241 e. The summed E-state index contributed by atoms with van der Waals surface area (Å²) in [5.41, 5.74) is 5.15. The second-order valence-corrected chi connectivity index (χ2v) is 7.19. The van der Waals surface area contributed by atoms with Crippen molar-refractivity contribution < 1.29 is 4.74 Å². The lowest BCUT2D eigenvalue weighted by Crippen LogP contribution is -2.27. The molecule has 0 amide bonds. The maximum absolute atomic E-state index is 5.89. The van der Waals surface area contributed by atoms with Gasteiger partial charge >= 0.3 is 0 Å². The lowest BCUT2D eigenvalue weighted by molar-refractivity contribution is 0.326. The zero-order valence-electron chi connectivity index (χ0n) is 15.9. The van der Waals surface area contributed by atoms with E-state index in [1.807, 2.05) is 31.5 Å². The van der Waals surface area contributed by atoms with E-state index in [1.165, 1.54) is 0 Å². The number of ether oxygens (including phenoxy) is 1. The van der Waals surface area contributed by atoms with Crippen molar-refractivity contribution in [3.8, 4) is 17.0 Å². The van der Waals surface area contributed by atoms with E-state index in [-0.39, 0.29) is 0 Å². The van der Waals surface area contributed by atoms with Gasteiger partial charge in [-0.3, -0.25) is 4.98 Å². The lowest BCUT2D eigenvalue weighted by Gasteiger charge is -2.21. The molecule has 0 aliphatic carbocycles. The summed E-state index contributed by atoms with van der Waals surface area (Å²) >= 11 is 0. The third kappa shape index (κ3) is 2.99. The van der Waals surface area contributed by atoms with Gasteiger partial charge in [0.25, 0.3) is 0 Å². The van der Waals surface area contributed by atoms with E-state index < -0.39 is 0 Å². The predicted octanol–water partition coefficient (Wildman–Crippen LogP) is 4.04. The minimum absolute atomic E-state index is 0.380. The quantitative estimate of drug-likeness (QED) is 0.565. The number of benzene rings is 1. The molecule has 1 fully saturated rings. The van der Waals surface area contributed by atoms with Crippen LogP contribution < -0.4 is 10.1 Å². The first kappa shape index (κ1) is 17.1. The fourth-order valence-electron chi connectivity index (χ4n) is 3.98. The number of fused-ring (bicyclic) bond motifs is 3. The van der Waals surface area contributed by atoms with Crippen LogP contribution in [0.5, 0.6) is 5.88 Å². The van der Waals surface area contributed by atoms with Gasteiger partial charge in [0.2, 0.25) is 5.88 Å². The molecule has 0 spiro atoms. The Bertz CT molecular complexity index is 1120. The molecule has 6 heteroatoms. The molecule has 2 N–H and O–H groups in total. The molecular weight excluding hydrogens is 350 g/mol. The fraction of sp³-hybridized carbons (Fsp3) is 0.318. The van der Waals surface area contributed by atoms with Crippen LogP contribution in [-0.4, -0.2) is 39.6 Å². The van der Waals surface area contributed by atoms with Gasteiger partial charge in [-0.2, -0.15) is 4.98 Å². The number of pyridine rings is 1. The van der Waals surface area contributed by atoms with Crippen molar-refractivity contribution in [3.05, 3.63) is 48.5 Å². The second-order valence-electron chi connectivity index (χ2n) is 7.19. The molecule has 1 aromatic carbocycles. The van der Waals surface area contributed by atoms with Crippen LogP contribution in [0, 0.1) is 0 Å². The van der Waals surface area contributed by atoms with Gasteiger partial charge in [0.15, 0.2) is 0 Å². The van der Waals surface area contributed by atoms with Crippen LogP contribution in [0.1, 0.15) is 31.5 Å². The molecule has 0 unspecified atom stereocenters. The summed E-state index contributed by atoms with van der Waals surface area (Å²) in [4.78, 5) is 17.4.